The van der Waals surface area contributed by atoms with Crippen LogP contribution in [-0.2, 0) is 0 Å². The number of aromatic nitrogens is 5. The Kier molecular flexibility index (Phi) is 4.98. The molecule has 0 aliphatic heterocycles. The molecule has 1 aliphatic carbocycles. The number of hydrogen-bond donors (Lipinski definition) is 3. The van der Waals surface area contributed by atoms with E-state index in [-0.39, 0.29) is 6.10 Å². The van der Waals surface area contributed by atoms with Crippen molar-refractivity contribution in [3.05, 3.63) is 61.2 Å². The lowest BCUT2D eigenvalue weighted by atomic mass is 9.93. The maximum atomic E-state index is 9.73. The van der Waals surface area contributed by atoms with Crippen LogP contribution in [0.3, 0.4) is 0 Å². The molecular formula is C22H23N7O. The zero-order valence-corrected chi connectivity index (χ0v) is 16.4. The molecule has 1 aliphatic rings. The van der Waals surface area contributed by atoms with Crippen molar-refractivity contribution in [3.63, 3.8) is 0 Å². The van der Waals surface area contributed by atoms with Gasteiger partial charge in [0.25, 0.3) is 0 Å². The van der Waals surface area contributed by atoms with Gasteiger partial charge in [0.2, 0.25) is 0 Å². The highest BCUT2D eigenvalue weighted by Gasteiger charge is 2.20. The van der Waals surface area contributed by atoms with Crippen LogP contribution in [0.15, 0.2) is 61.2 Å². The molecule has 1 saturated carbocycles. The van der Waals surface area contributed by atoms with Crippen molar-refractivity contribution in [2.75, 3.05) is 10.6 Å². The molecule has 3 N–H and O–H groups in total. The number of pyridine rings is 1. The average Bonchev–Trinajstić information content (AvgIpc) is 3.15. The summed E-state index contributed by atoms with van der Waals surface area (Å²) in [5.74, 6) is 2.18. The number of aliphatic hydroxyl groups excluding tert-OH is 1. The minimum absolute atomic E-state index is 0.169. The van der Waals surface area contributed by atoms with E-state index in [9.17, 15) is 5.11 Å². The molecular weight excluding hydrogens is 378 g/mol. The molecule has 0 amide bonds. The number of benzene rings is 1. The highest BCUT2D eigenvalue weighted by molar-refractivity contribution is 5.92. The van der Waals surface area contributed by atoms with Gasteiger partial charge in [0.05, 0.1) is 23.5 Å². The van der Waals surface area contributed by atoms with Crippen LogP contribution >= 0.6 is 0 Å². The summed E-state index contributed by atoms with van der Waals surface area (Å²) in [6.45, 7) is 0. The Hall–Kier alpha value is -3.52. The monoisotopic (exact) mass is 401 g/mol. The van der Waals surface area contributed by atoms with Crippen molar-refractivity contribution in [3.8, 4) is 5.69 Å². The summed E-state index contributed by atoms with van der Waals surface area (Å²) >= 11 is 0. The van der Waals surface area contributed by atoms with E-state index in [0.717, 1.165) is 53.9 Å². The lowest BCUT2D eigenvalue weighted by Gasteiger charge is -2.26. The minimum atomic E-state index is -0.169. The lowest BCUT2D eigenvalue weighted by Crippen LogP contribution is -2.28. The molecule has 0 unspecified atom stereocenters. The van der Waals surface area contributed by atoms with Crippen LogP contribution in [0.25, 0.3) is 16.6 Å². The van der Waals surface area contributed by atoms with Gasteiger partial charge in [0.15, 0.2) is 5.82 Å². The van der Waals surface area contributed by atoms with E-state index in [1.807, 2.05) is 41.1 Å². The predicted molar refractivity (Wildman–Crippen MR) is 116 cm³/mol. The smallest absolute Gasteiger partial charge is 0.162 e. The first-order valence-corrected chi connectivity index (χ1v) is 10.2. The summed E-state index contributed by atoms with van der Waals surface area (Å²) in [7, 11) is 0. The van der Waals surface area contributed by atoms with E-state index in [0.29, 0.717) is 11.9 Å². The van der Waals surface area contributed by atoms with Crippen LogP contribution in [0.4, 0.5) is 17.5 Å². The molecule has 4 aromatic rings. The van der Waals surface area contributed by atoms with Crippen LogP contribution in [0.5, 0.6) is 0 Å². The third-order valence-corrected chi connectivity index (χ3v) is 5.43. The van der Waals surface area contributed by atoms with Gasteiger partial charge in [-0.15, -0.1) is 5.10 Å². The van der Waals surface area contributed by atoms with E-state index >= 15 is 0 Å². The fourth-order valence-corrected chi connectivity index (χ4v) is 3.90. The first-order chi connectivity index (χ1) is 14.8. The number of rotatable bonds is 5. The molecule has 3 heterocycles. The quantitative estimate of drug-likeness (QED) is 0.469. The summed E-state index contributed by atoms with van der Waals surface area (Å²) in [5.41, 5.74) is 1.91. The Labute approximate surface area is 174 Å². The maximum absolute atomic E-state index is 9.73. The number of fused-ring (bicyclic) bond motifs is 1. The fourth-order valence-electron chi connectivity index (χ4n) is 3.90. The Morgan fingerprint density at radius 2 is 1.77 bits per heavy atom. The molecule has 0 radical (unpaired) electrons. The van der Waals surface area contributed by atoms with E-state index in [1.54, 1.807) is 24.8 Å². The van der Waals surface area contributed by atoms with Gasteiger partial charge in [-0.1, -0.05) is 12.1 Å². The molecule has 0 bridgehead atoms. The highest BCUT2D eigenvalue weighted by Crippen LogP contribution is 2.28. The first kappa shape index (κ1) is 18.5. The minimum Gasteiger partial charge on any atom is -0.393 e. The molecule has 0 saturated heterocycles. The number of hydrogen-bond acceptors (Lipinski definition) is 7. The molecule has 152 valence electrons. The Bertz CT molecular complexity index is 1140. The van der Waals surface area contributed by atoms with Gasteiger partial charge in [0.1, 0.15) is 11.6 Å². The Balaban J connectivity index is 1.46. The zero-order valence-electron chi connectivity index (χ0n) is 16.4. The number of nitrogens with zero attached hydrogens (tertiary/aromatic N) is 5. The number of anilines is 3. The van der Waals surface area contributed by atoms with Gasteiger partial charge < -0.3 is 15.7 Å². The van der Waals surface area contributed by atoms with E-state index < -0.39 is 0 Å². The van der Waals surface area contributed by atoms with Crippen molar-refractivity contribution >= 4 is 28.4 Å². The van der Waals surface area contributed by atoms with Gasteiger partial charge in [-0.3, -0.25) is 4.98 Å². The van der Waals surface area contributed by atoms with Crippen LogP contribution in [0, 0.1) is 0 Å². The Morgan fingerprint density at radius 3 is 2.60 bits per heavy atom. The first-order valence-electron chi connectivity index (χ1n) is 10.2. The Morgan fingerprint density at radius 1 is 0.933 bits per heavy atom. The summed E-state index contributed by atoms with van der Waals surface area (Å²) in [5, 5.41) is 22.3. The summed E-state index contributed by atoms with van der Waals surface area (Å²) < 4.78 is 1.91. The molecule has 0 spiro atoms. The standard InChI is InChI=1S/C22H23N7O/c30-17-7-5-15(6-8-17)26-20-13-16(9-10-24-20)29-19-4-2-1-3-18(19)22(28-29)27-21-14-23-11-12-25-21/h1-4,9-15,17,30H,5-8H2,(H,24,26)(H,25,27,28)/t15-,17-. The SMILES string of the molecule is O[C@H]1CC[C@H](Nc2cc(-n3nc(Nc4cnccn4)c4ccccc43)ccn2)CC1. The van der Waals surface area contributed by atoms with Gasteiger partial charge in [-0.25, -0.2) is 14.6 Å². The third kappa shape index (κ3) is 3.81. The van der Waals surface area contributed by atoms with Crippen molar-refractivity contribution in [1.29, 1.82) is 0 Å². The normalized spacial score (nSPS) is 19.0. The highest BCUT2D eigenvalue weighted by atomic mass is 16.3. The number of nitrogens with one attached hydrogen (secondary N) is 2. The third-order valence-electron chi connectivity index (χ3n) is 5.43. The largest absolute Gasteiger partial charge is 0.393 e. The van der Waals surface area contributed by atoms with Gasteiger partial charge in [0, 0.05) is 36.1 Å². The second-order valence-electron chi connectivity index (χ2n) is 7.54. The molecule has 1 aromatic carbocycles. The van der Waals surface area contributed by atoms with E-state index in [2.05, 4.69) is 25.6 Å². The number of para-hydroxylation sites is 1. The molecule has 5 rings (SSSR count). The van der Waals surface area contributed by atoms with E-state index in [4.69, 9.17) is 5.10 Å². The summed E-state index contributed by atoms with van der Waals surface area (Å²) in [4.78, 5) is 12.9. The van der Waals surface area contributed by atoms with E-state index in [1.165, 1.54) is 0 Å². The van der Waals surface area contributed by atoms with Crippen molar-refractivity contribution in [2.24, 2.45) is 0 Å². The summed E-state index contributed by atoms with van der Waals surface area (Å²) in [6, 6.07) is 12.4. The molecule has 1 fully saturated rings. The van der Waals surface area contributed by atoms with Crippen molar-refractivity contribution in [2.45, 2.75) is 37.8 Å². The fraction of sp³-hybridized carbons (Fsp3) is 0.273. The predicted octanol–water partition coefficient (Wildman–Crippen LogP) is 3.67. The second-order valence-corrected chi connectivity index (χ2v) is 7.54. The van der Waals surface area contributed by atoms with Crippen molar-refractivity contribution in [1.82, 2.24) is 24.7 Å². The maximum Gasteiger partial charge on any atom is 0.162 e. The average molecular weight is 401 g/mol. The van der Waals surface area contributed by atoms with Crippen LogP contribution in [0.2, 0.25) is 0 Å². The molecule has 8 heteroatoms. The summed E-state index contributed by atoms with van der Waals surface area (Å²) in [6.07, 6.45) is 10.1. The number of aliphatic hydroxyl groups is 1. The topological polar surface area (TPSA) is 101 Å². The van der Waals surface area contributed by atoms with Gasteiger partial charge >= 0.3 is 0 Å². The lowest BCUT2D eigenvalue weighted by molar-refractivity contribution is 0.126. The second kappa shape index (κ2) is 8.08. The molecule has 3 aromatic heterocycles. The molecule has 8 nitrogen and oxygen atoms in total. The van der Waals surface area contributed by atoms with Gasteiger partial charge in [-0.05, 0) is 43.9 Å². The zero-order chi connectivity index (χ0) is 20.3. The van der Waals surface area contributed by atoms with Crippen LogP contribution in [-0.4, -0.2) is 42.0 Å². The van der Waals surface area contributed by atoms with Gasteiger partial charge in [-0.2, -0.15) is 0 Å². The molecule has 30 heavy (non-hydrogen) atoms. The molecule has 0 atom stereocenters. The van der Waals surface area contributed by atoms with Crippen LogP contribution < -0.4 is 10.6 Å². The van der Waals surface area contributed by atoms with Crippen LogP contribution in [0.1, 0.15) is 25.7 Å². The van der Waals surface area contributed by atoms with Crippen molar-refractivity contribution < 1.29 is 5.11 Å².